The third-order valence-electron chi connectivity index (χ3n) is 1.56. The van der Waals surface area contributed by atoms with Gasteiger partial charge in [-0.15, -0.1) is 0 Å². The number of hydrogen-bond donors (Lipinski definition) is 0. The maximum absolute atomic E-state index is 5.42. The van der Waals surface area contributed by atoms with Gasteiger partial charge in [-0.3, -0.25) is 0 Å². The second-order valence-corrected chi connectivity index (χ2v) is 3.46. The van der Waals surface area contributed by atoms with Gasteiger partial charge in [0.05, 0.1) is 13.2 Å². The van der Waals surface area contributed by atoms with Crippen LogP contribution >= 0.6 is 15.9 Å². The summed E-state index contributed by atoms with van der Waals surface area (Å²) in [4.78, 5) is 1.86. The van der Waals surface area contributed by atoms with Gasteiger partial charge < -0.3 is 9.47 Å². The van der Waals surface area contributed by atoms with Gasteiger partial charge in [0.15, 0.2) is 6.29 Å². The van der Waals surface area contributed by atoms with Gasteiger partial charge in [0, 0.05) is 5.92 Å². The maximum atomic E-state index is 5.42. The van der Waals surface area contributed by atoms with Gasteiger partial charge in [0.25, 0.3) is 0 Å². The molecule has 1 aliphatic heterocycles. The lowest BCUT2D eigenvalue weighted by Crippen LogP contribution is -2.30. The highest BCUT2D eigenvalue weighted by Crippen LogP contribution is 2.17. The van der Waals surface area contributed by atoms with E-state index in [0.717, 1.165) is 5.57 Å². The monoisotopic (exact) mass is 220 g/mol. The lowest BCUT2D eigenvalue weighted by Gasteiger charge is -2.27. The van der Waals surface area contributed by atoms with Crippen LogP contribution in [0.2, 0.25) is 0 Å². The fourth-order valence-electron chi connectivity index (χ4n) is 0.916. The van der Waals surface area contributed by atoms with E-state index in [1.807, 2.05) is 4.99 Å². The largest absolute Gasteiger partial charge is 0.348 e. The molecule has 3 heteroatoms. The topological polar surface area (TPSA) is 18.5 Å². The summed E-state index contributed by atoms with van der Waals surface area (Å²) in [5, 5.41) is 0. The molecule has 0 atom stereocenters. The average molecular weight is 221 g/mol. The molecule has 0 aromatic carbocycles. The zero-order valence-electron chi connectivity index (χ0n) is 6.84. The van der Waals surface area contributed by atoms with Crippen LogP contribution < -0.4 is 0 Å². The zero-order chi connectivity index (χ0) is 8.27. The van der Waals surface area contributed by atoms with E-state index in [2.05, 4.69) is 29.8 Å². The van der Waals surface area contributed by atoms with Gasteiger partial charge in [0.1, 0.15) is 0 Å². The van der Waals surface area contributed by atoms with Gasteiger partial charge in [-0.05, 0) is 10.6 Å². The number of halogens is 1. The molecule has 0 bridgehead atoms. The van der Waals surface area contributed by atoms with Crippen LogP contribution in [-0.4, -0.2) is 19.5 Å². The maximum Gasteiger partial charge on any atom is 0.160 e. The summed E-state index contributed by atoms with van der Waals surface area (Å²) < 4.78 is 10.8. The first-order valence-corrected chi connectivity index (χ1v) is 4.67. The molecule has 1 rings (SSSR count). The lowest BCUT2D eigenvalue weighted by molar-refractivity contribution is -0.178. The number of rotatable bonds is 1. The fraction of sp³-hybridized carbons (Fsp3) is 0.750. The molecule has 0 radical (unpaired) electrons. The van der Waals surface area contributed by atoms with Crippen molar-refractivity contribution in [3.05, 3.63) is 10.6 Å². The Kier molecular flexibility index (Phi) is 3.55. The van der Waals surface area contributed by atoms with Crippen LogP contribution in [0, 0.1) is 5.92 Å². The van der Waals surface area contributed by atoms with Crippen molar-refractivity contribution in [2.24, 2.45) is 5.92 Å². The van der Waals surface area contributed by atoms with Crippen LogP contribution in [0.15, 0.2) is 10.6 Å². The van der Waals surface area contributed by atoms with Crippen molar-refractivity contribution in [2.45, 2.75) is 20.1 Å². The Bertz CT molecular complexity index is 144. The molecule has 0 amide bonds. The Labute approximate surface area is 75.7 Å². The number of ether oxygens (including phenoxy) is 2. The summed E-state index contributed by atoms with van der Waals surface area (Å²) in [5.74, 6) is 0.437. The van der Waals surface area contributed by atoms with Gasteiger partial charge >= 0.3 is 0 Å². The van der Waals surface area contributed by atoms with E-state index in [1.54, 1.807) is 0 Å². The quantitative estimate of drug-likeness (QED) is 0.676. The van der Waals surface area contributed by atoms with Gasteiger partial charge in [-0.2, -0.15) is 0 Å². The molecule has 0 N–H and O–H groups in total. The second-order valence-electron chi connectivity index (χ2n) is 3.00. The highest BCUT2D eigenvalue weighted by Gasteiger charge is 2.19. The van der Waals surface area contributed by atoms with Crippen molar-refractivity contribution < 1.29 is 9.47 Å². The van der Waals surface area contributed by atoms with E-state index in [1.165, 1.54) is 0 Å². The molecule has 0 saturated carbocycles. The Morgan fingerprint density at radius 2 is 2.00 bits per heavy atom. The van der Waals surface area contributed by atoms with Crippen LogP contribution in [-0.2, 0) is 9.47 Å². The van der Waals surface area contributed by atoms with E-state index in [9.17, 15) is 0 Å². The predicted octanol–water partition coefficient (Wildman–Crippen LogP) is 2.29. The molecular weight excluding hydrogens is 208 g/mol. The minimum atomic E-state index is -0.0220. The van der Waals surface area contributed by atoms with Crippen molar-refractivity contribution in [3.8, 4) is 0 Å². The normalized spacial score (nSPS) is 25.8. The molecule has 2 nitrogen and oxygen atoms in total. The molecule has 11 heavy (non-hydrogen) atoms. The first kappa shape index (κ1) is 9.23. The second kappa shape index (κ2) is 4.24. The van der Waals surface area contributed by atoms with E-state index in [-0.39, 0.29) is 6.29 Å². The van der Waals surface area contributed by atoms with E-state index in [4.69, 9.17) is 9.47 Å². The van der Waals surface area contributed by atoms with Crippen molar-refractivity contribution in [1.29, 1.82) is 0 Å². The van der Waals surface area contributed by atoms with Crippen molar-refractivity contribution >= 4 is 15.9 Å². The Hall–Kier alpha value is 0.140. The zero-order valence-corrected chi connectivity index (χ0v) is 8.43. The molecular formula is C8H13BrO2. The minimum Gasteiger partial charge on any atom is -0.348 e. The summed E-state index contributed by atoms with van der Waals surface area (Å²) in [5.41, 5.74) is 1.15. The van der Waals surface area contributed by atoms with Crippen LogP contribution in [0.4, 0.5) is 0 Å². The molecule has 1 aliphatic rings. The summed E-state index contributed by atoms with van der Waals surface area (Å²) in [6.45, 7) is 5.56. The van der Waals surface area contributed by atoms with Crippen LogP contribution in [0.1, 0.15) is 13.8 Å². The van der Waals surface area contributed by atoms with Crippen molar-refractivity contribution in [3.63, 3.8) is 0 Å². The Morgan fingerprint density at radius 1 is 1.45 bits per heavy atom. The fourth-order valence-corrected chi connectivity index (χ4v) is 1.18. The first-order chi connectivity index (χ1) is 5.24. The highest BCUT2D eigenvalue weighted by atomic mass is 79.9. The minimum absolute atomic E-state index is 0.0220. The third-order valence-corrected chi connectivity index (χ3v) is 2.21. The molecule has 0 aromatic rings. The highest BCUT2D eigenvalue weighted by molar-refractivity contribution is 9.11. The Morgan fingerprint density at radius 3 is 2.36 bits per heavy atom. The standard InChI is InChI=1S/C8H13BrO2/c1-6(2)8-10-4-7(3-9)5-11-8/h3,6,8H,4-5H2,1-2H3. The average Bonchev–Trinajstić information content (AvgIpc) is 2.05. The summed E-state index contributed by atoms with van der Waals surface area (Å²) in [6.07, 6.45) is -0.0220. The molecule has 1 saturated heterocycles. The molecule has 1 fully saturated rings. The first-order valence-electron chi connectivity index (χ1n) is 3.75. The summed E-state index contributed by atoms with van der Waals surface area (Å²) in [7, 11) is 0. The molecule has 1 heterocycles. The van der Waals surface area contributed by atoms with Crippen LogP contribution in [0.5, 0.6) is 0 Å². The third kappa shape index (κ3) is 2.58. The van der Waals surface area contributed by atoms with Crippen molar-refractivity contribution in [1.82, 2.24) is 0 Å². The molecule has 0 aliphatic carbocycles. The van der Waals surface area contributed by atoms with E-state index in [0.29, 0.717) is 19.1 Å². The van der Waals surface area contributed by atoms with E-state index >= 15 is 0 Å². The lowest BCUT2D eigenvalue weighted by atomic mass is 10.2. The molecule has 0 aromatic heterocycles. The van der Waals surface area contributed by atoms with Crippen molar-refractivity contribution in [2.75, 3.05) is 13.2 Å². The van der Waals surface area contributed by atoms with Gasteiger partial charge in [-0.1, -0.05) is 29.8 Å². The Balaban J connectivity index is 2.36. The number of hydrogen-bond acceptors (Lipinski definition) is 2. The summed E-state index contributed by atoms with van der Waals surface area (Å²) in [6, 6.07) is 0. The molecule has 0 unspecified atom stereocenters. The molecule has 0 spiro atoms. The SMILES string of the molecule is CC(C)C1OCC(=CBr)CO1. The summed E-state index contributed by atoms with van der Waals surface area (Å²) >= 11 is 3.25. The van der Waals surface area contributed by atoms with E-state index < -0.39 is 0 Å². The van der Waals surface area contributed by atoms with Crippen LogP contribution in [0.3, 0.4) is 0 Å². The smallest absolute Gasteiger partial charge is 0.160 e. The van der Waals surface area contributed by atoms with Crippen LogP contribution in [0.25, 0.3) is 0 Å². The van der Waals surface area contributed by atoms with Gasteiger partial charge in [-0.25, -0.2) is 0 Å². The predicted molar refractivity (Wildman–Crippen MR) is 47.5 cm³/mol. The van der Waals surface area contributed by atoms with Gasteiger partial charge in [0.2, 0.25) is 0 Å². The molecule has 64 valence electrons.